The van der Waals surface area contributed by atoms with Gasteiger partial charge in [0, 0.05) is 36.6 Å². The molecule has 6 rings (SSSR count). The Bertz CT molecular complexity index is 1370. The number of rotatable bonds is 7. The van der Waals surface area contributed by atoms with Gasteiger partial charge in [0.2, 0.25) is 0 Å². The second-order valence-corrected chi connectivity index (χ2v) is 10.2. The number of likely N-dealkylation sites (tertiary alicyclic amines) is 1. The molecule has 0 radical (unpaired) electrons. The minimum Gasteiger partial charge on any atom is -0.494 e. The molecule has 1 saturated carbocycles. The van der Waals surface area contributed by atoms with Crippen LogP contribution in [0.2, 0.25) is 0 Å². The fraction of sp³-hybridized carbons (Fsp3) is 0.290. The molecule has 0 unspecified atom stereocenters. The summed E-state index contributed by atoms with van der Waals surface area (Å²) in [6.45, 7) is 5.84. The van der Waals surface area contributed by atoms with Crippen molar-refractivity contribution in [2.45, 2.75) is 32.4 Å². The number of nitrogens with zero attached hydrogens (tertiary/aromatic N) is 2. The molecule has 1 amide bonds. The summed E-state index contributed by atoms with van der Waals surface area (Å²) in [5, 5.41) is 5.18. The second-order valence-electron chi connectivity index (χ2n) is 10.2. The molecule has 1 spiro atoms. The number of pyridine rings is 1. The third-order valence-corrected chi connectivity index (χ3v) is 7.48. The summed E-state index contributed by atoms with van der Waals surface area (Å²) in [6, 6.07) is 28.8. The predicted octanol–water partition coefficient (Wildman–Crippen LogP) is 5.69. The van der Waals surface area contributed by atoms with Gasteiger partial charge in [0.05, 0.1) is 12.3 Å². The third kappa shape index (κ3) is 4.47. The van der Waals surface area contributed by atoms with Crippen molar-refractivity contribution in [2.24, 2.45) is 5.41 Å². The summed E-state index contributed by atoms with van der Waals surface area (Å²) in [5.74, 6) is 0.747. The summed E-state index contributed by atoms with van der Waals surface area (Å²) >= 11 is 0. The lowest BCUT2D eigenvalue weighted by molar-refractivity contribution is -0.0808. The number of amides is 1. The van der Waals surface area contributed by atoms with Crippen molar-refractivity contribution in [1.82, 2.24) is 15.2 Å². The lowest BCUT2D eigenvalue weighted by atomic mass is 9.60. The van der Waals surface area contributed by atoms with Crippen LogP contribution in [0.3, 0.4) is 0 Å². The average molecular weight is 478 g/mol. The molecule has 0 atom stereocenters. The molecule has 1 aromatic heterocycles. The number of fused-ring (bicyclic) bond motifs is 1. The molecule has 5 heteroatoms. The highest BCUT2D eigenvalue weighted by Gasteiger charge is 2.52. The molecule has 2 aliphatic rings. The summed E-state index contributed by atoms with van der Waals surface area (Å²) in [5.41, 5.74) is 3.99. The number of benzene rings is 3. The Morgan fingerprint density at radius 2 is 1.72 bits per heavy atom. The van der Waals surface area contributed by atoms with Gasteiger partial charge in [-0.15, -0.1) is 0 Å². The van der Waals surface area contributed by atoms with Crippen molar-refractivity contribution in [2.75, 3.05) is 19.7 Å². The number of carbonyl (C=O) groups is 1. The van der Waals surface area contributed by atoms with E-state index >= 15 is 0 Å². The van der Waals surface area contributed by atoms with Gasteiger partial charge in [-0.3, -0.25) is 9.69 Å². The smallest absolute Gasteiger partial charge is 0.270 e. The van der Waals surface area contributed by atoms with Gasteiger partial charge in [0.25, 0.3) is 5.91 Å². The van der Waals surface area contributed by atoms with E-state index in [2.05, 4.69) is 46.6 Å². The molecule has 2 fully saturated rings. The zero-order chi connectivity index (χ0) is 24.5. The molecule has 0 bridgehead atoms. The molecule has 1 aliphatic carbocycles. The quantitative estimate of drug-likeness (QED) is 0.371. The van der Waals surface area contributed by atoms with Crippen molar-refractivity contribution in [3.05, 3.63) is 96.2 Å². The lowest BCUT2D eigenvalue weighted by Gasteiger charge is -2.59. The Hall–Kier alpha value is -3.70. The van der Waals surface area contributed by atoms with Crippen molar-refractivity contribution in [3.8, 4) is 17.0 Å². The summed E-state index contributed by atoms with van der Waals surface area (Å²) in [7, 11) is 0. The van der Waals surface area contributed by atoms with Crippen LogP contribution < -0.4 is 10.1 Å². The molecule has 1 aliphatic heterocycles. The normalized spacial score (nSPS) is 16.9. The Balaban J connectivity index is 1.14. The van der Waals surface area contributed by atoms with E-state index in [9.17, 15) is 4.79 Å². The van der Waals surface area contributed by atoms with Crippen LogP contribution in [-0.2, 0) is 6.54 Å². The fourth-order valence-electron chi connectivity index (χ4n) is 5.86. The maximum absolute atomic E-state index is 13.4. The molecule has 3 aromatic carbocycles. The van der Waals surface area contributed by atoms with Crippen molar-refractivity contribution in [3.63, 3.8) is 0 Å². The van der Waals surface area contributed by atoms with E-state index in [1.54, 1.807) is 0 Å². The van der Waals surface area contributed by atoms with Crippen LogP contribution in [-0.4, -0.2) is 41.5 Å². The van der Waals surface area contributed by atoms with E-state index in [4.69, 9.17) is 9.72 Å². The Labute approximate surface area is 212 Å². The van der Waals surface area contributed by atoms with Gasteiger partial charge in [0.15, 0.2) is 0 Å². The molecule has 36 heavy (non-hydrogen) atoms. The van der Waals surface area contributed by atoms with E-state index in [0.29, 0.717) is 17.7 Å². The van der Waals surface area contributed by atoms with Gasteiger partial charge >= 0.3 is 0 Å². The molecule has 1 N–H and O–H groups in total. The topological polar surface area (TPSA) is 54.5 Å². The number of hydrogen-bond donors (Lipinski definition) is 1. The van der Waals surface area contributed by atoms with E-state index in [1.807, 2.05) is 55.5 Å². The van der Waals surface area contributed by atoms with Crippen molar-refractivity contribution < 1.29 is 9.53 Å². The highest BCUT2D eigenvalue weighted by atomic mass is 16.5. The molecule has 182 valence electrons. The molecular weight excluding hydrogens is 446 g/mol. The summed E-state index contributed by atoms with van der Waals surface area (Å²) < 4.78 is 5.57. The monoisotopic (exact) mass is 477 g/mol. The number of nitrogens with one attached hydrogen (secondary N) is 1. The largest absolute Gasteiger partial charge is 0.494 e. The summed E-state index contributed by atoms with van der Waals surface area (Å²) in [6.07, 6.45) is 2.08. The maximum atomic E-state index is 13.4. The van der Waals surface area contributed by atoms with Crippen LogP contribution in [0.15, 0.2) is 84.9 Å². The van der Waals surface area contributed by atoms with Gasteiger partial charge in [-0.25, -0.2) is 4.98 Å². The van der Waals surface area contributed by atoms with Crippen LogP contribution >= 0.6 is 0 Å². The molecule has 4 aromatic rings. The minimum absolute atomic E-state index is 0.0840. The summed E-state index contributed by atoms with van der Waals surface area (Å²) in [4.78, 5) is 20.7. The zero-order valence-corrected chi connectivity index (χ0v) is 20.6. The van der Waals surface area contributed by atoms with Gasteiger partial charge in [0.1, 0.15) is 11.4 Å². The number of hydrogen-bond acceptors (Lipinski definition) is 4. The number of carbonyl (C=O) groups excluding carboxylic acids is 1. The van der Waals surface area contributed by atoms with Gasteiger partial charge in [-0.05, 0) is 66.5 Å². The maximum Gasteiger partial charge on any atom is 0.270 e. The first-order chi connectivity index (χ1) is 17.6. The third-order valence-electron chi connectivity index (χ3n) is 7.48. The Kier molecular flexibility index (Phi) is 5.94. The highest BCUT2D eigenvalue weighted by Crippen LogP contribution is 2.48. The van der Waals surface area contributed by atoms with Crippen LogP contribution in [0.1, 0.15) is 35.8 Å². The van der Waals surface area contributed by atoms with E-state index in [1.165, 1.54) is 5.56 Å². The first-order valence-corrected chi connectivity index (χ1v) is 12.8. The van der Waals surface area contributed by atoms with Gasteiger partial charge < -0.3 is 10.1 Å². The van der Waals surface area contributed by atoms with E-state index < -0.39 is 0 Å². The Morgan fingerprint density at radius 1 is 1.00 bits per heavy atom. The first kappa shape index (κ1) is 22.7. The highest BCUT2D eigenvalue weighted by molar-refractivity contribution is 6.06. The molecule has 2 heterocycles. The van der Waals surface area contributed by atoms with Crippen LogP contribution in [0.4, 0.5) is 0 Å². The number of aromatic nitrogens is 1. The molecular formula is C31H31N3O2. The fourth-order valence-corrected chi connectivity index (χ4v) is 5.86. The Morgan fingerprint density at radius 3 is 2.47 bits per heavy atom. The molecule has 1 saturated heterocycles. The van der Waals surface area contributed by atoms with Crippen LogP contribution in [0, 0.1) is 5.41 Å². The minimum atomic E-state index is -0.0840. The zero-order valence-electron chi connectivity index (χ0n) is 20.6. The lowest BCUT2D eigenvalue weighted by Crippen LogP contribution is -2.66. The van der Waals surface area contributed by atoms with Crippen LogP contribution in [0.25, 0.3) is 22.0 Å². The van der Waals surface area contributed by atoms with E-state index in [0.717, 1.165) is 60.3 Å². The van der Waals surface area contributed by atoms with Crippen LogP contribution in [0.5, 0.6) is 5.75 Å². The standard InChI is InChI=1S/C31H31N3O2/c1-2-36-26-14-12-23(13-15-26)28-16-24-10-6-7-11-27(24)29(33-28)30(35)32-25-17-31(18-25)20-34(21-31)19-22-8-4-3-5-9-22/h3-16,25H,2,17-21H2,1H3,(H,32,35). The molecule has 5 nitrogen and oxygen atoms in total. The van der Waals surface area contributed by atoms with E-state index in [-0.39, 0.29) is 11.9 Å². The second kappa shape index (κ2) is 9.40. The van der Waals surface area contributed by atoms with Crippen molar-refractivity contribution in [1.29, 1.82) is 0 Å². The average Bonchev–Trinajstić information content (AvgIpc) is 2.86. The van der Waals surface area contributed by atoms with Gasteiger partial charge in [-0.1, -0.05) is 54.6 Å². The SMILES string of the molecule is CCOc1ccc(-c2cc3ccccc3c(C(=O)NC3CC4(C3)CN(Cc3ccccc3)C4)n2)cc1. The number of ether oxygens (including phenoxy) is 1. The van der Waals surface area contributed by atoms with Gasteiger partial charge in [-0.2, -0.15) is 0 Å². The predicted molar refractivity (Wildman–Crippen MR) is 143 cm³/mol. The van der Waals surface area contributed by atoms with Crippen molar-refractivity contribution >= 4 is 16.7 Å². The first-order valence-electron chi connectivity index (χ1n) is 12.8.